The summed E-state index contributed by atoms with van der Waals surface area (Å²) in [5, 5.41) is 6.85. The third-order valence-corrected chi connectivity index (χ3v) is 4.27. The van der Waals surface area contributed by atoms with Crippen molar-refractivity contribution in [1.29, 1.82) is 0 Å². The first-order valence-corrected chi connectivity index (χ1v) is 8.05. The van der Waals surface area contributed by atoms with E-state index in [1.165, 1.54) is 12.8 Å². The molecule has 2 N–H and O–H groups in total. The highest BCUT2D eigenvalue weighted by molar-refractivity contribution is 14.0. The Morgan fingerprint density at radius 3 is 2.21 bits per heavy atom. The molecule has 1 unspecified atom stereocenters. The van der Waals surface area contributed by atoms with E-state index in [0.717, 1.165) is 18.4 Å². The van der Waals surface area contributed by atoms with Gasteiger partial charge in [0.25, 0.3) is 0 Å². The Morgan fingerprint density at radius 1 is 1.21 bits per heavy atom. The highest BCUT2D eigenvalue weighted by atomic mass is 127. The summed E-state index contributed by atoms with van der Waals surface area (Å²) in [7, 11) is 1.83. The van der Waals surface area contributed by atoms with Gasteiger partial charge in [-0.25, -0.2) is 0 Å². The first-order chi connectivity index (χ1) is 8.30. The molecule has 0 amide bonds. The smallest absolute Gasteiger partial charge is 0.191 e. The lowest BCUT2D eigenvalue weighted by Gasteiger charge is -2.25. The molecule has 0 saturated heterocycles. The average Bonchev–Trinajstić information content (AvgIpc) is 2.31. The van der Waals surface area contributed by atoms with Gasteiger partial charge in [0.1, 0.15) is 0 Å². The Balaban J connectivity index is 0. The first kappa shape index (κ1) is 21.6. The second-order valence-corrected chi connectivity index (χ2v) is 7.42. The fourth-order valence-corrected chi connectivity index (χ4v) is 1.67. The number of guanidine groups is 1. The van der Waals surface area contributed by atoms with Crippen LogP contribution in [0.1, 0.15) is 47.5 Å². The van der Waals surface area contributed by atoms with E-state index in [1.807, 2.05) is 18.8 Å². The molecule has 5 heteroatoms. The lowest BCUT2D eigenvalue weighted by atomic mass is 10.0. The van der Waals surface area contributed by atoms with Crippen LogP contribution in [0.25, 0.3) is 0 Å². The standard InChI is InChI=1S/C14H31N3S.HI/c1-11(2)8-9-12(3)17-13(15-6)16-10-14(4,5)18-7;/h11-12H,8-10H2,1-7H3,(H2,15,16,17);1H. The zero-order valence-corrected chi connectivity index (χ0v) is 16.7. The highest BCUT2D eigenvalue weighted by Gasteiger charge is 2.16. The van der Waals surface area contributed by atoms with Crippen molar-refractivity contribution in [2.75, 3.05) is 19.8 Å². The molecule has 0 saturated carbocycles. The molecule has 0 aliphatic heterocycles. The van der Waals surface area contributed by atoms with E-state index in [9.17, 15) is 0 Å². The van der Waals surface area contributed by atoms with Crippen LogP contribution in [0.5, 0.6) is 0 Å². The van der Waals surface area contributed by atoms with Crippen molar-refractivity contribution in [1.82, 2.24) is 10.6 Å². The summed E-state index contributed by atoms with van der Waals surface area (Å²) >= 11 is 1.87. The van der Waals surface area contributed by atoms with Crippen molar-refractivity contribution in [2.45, 2.75) is 58.2 Å². The minimum atomic E-state index is 0. The first-order valence-electron chi connectivity index (χ1n) is 6.83. The fraction of sp³-hybridized carbons (Fsp3) is 0.929. The molecule has 1 atom stereocenters. The quantitative estimate of drug-likeness (QED) is 0.388. The molecule has 0 aliphatic carbocycles. The monoisotopic (exact) mass is 401 g/mol. The van der Waals surface area contributed by atoms with Gasteiger partial charge in [0.15, 0.2) is 5.96 Å². The molecule has 19 heavy (non-hydrogen) atoms. The Bertz CT molecular complexity index is 255. The lowest BCUT2D eigenvalue weighted by Crippen LogP contribution is -2.46. The van der Waals surface area contributed by atoms with Crippen LogP contribution in [0, 0.1) is 5.92 Å². The maximum atomic E-state index is 4.28. The summed E-state index contributed by atoms with van der Waals surface area (Å²) in [6.45, 7) is 12.1. The fourth-order valence-electron chi connectivity index (χ4n) is 1.45. The topological polar surface area (TPSA) is 36.4 Å². The van der Waals surface area contributed by atoms with Gasteiger partial charge in [0.05, 0.1) is 0 Å². The number of halogens is 1. The predicted molar refractivity (Wildman–Crippen MR) is 101 cm³/mol. The minimum absolute atomic E-state index is 0. The van der Waals surface area contributed by atoms with Crippen LogP contribution in [0.4, 0.5) is 0 Å². The maximum absolute atomic E-state index is 4.28. The van der Waals surface area contributed by atoms with Crippen LogP contribution < -0.4 is 10.6 Å². The Hall–Kier alpha value is 0.350. The van der Waals surface area contributed by atoms with E-state index < -0.39 is 0 Å². The summed E-state index contributed by atoms with van der Waals surface area (Å²) in [6.07, 6.45) is 4.58. The van der Waals surface area contributed by atoms with Crippen molar-refractivity contribution in [3.63, 3.8) is 0 Å². The van der Waals surface area contributed by atoms with Crippen LogP contribution in [0.3, 0.4) is 0 Å². The van der Waals surface area contributed by atoms with Gasteiger partial charge in [0.2, 0.25) is 0 Å². The molecular formula is C14H32IN3S. The molecular weight excluding hydrogens is 369 g/mol. The molecule has 0 aromatic heterocycles. The second kappa shape index (κ2) is 11.1. The maximum Gasteiger partial charge on any atom is 0.191 e. The van der Waals surface area contributed by atoms with Gasteiger partial charge in [-0.3, -0.25) is 4.99 Å². The third-order valence-electron chi connectivity index (χ3n) is 3.02. The number of hydrogen-bond donors (Lipinski definition) is 2. The number of nitrogens with one attached hydrogen (secondary N) is 2. The van der Waals surface area contributed by atoms with Gasteiger partial charge >= 0.3 is 0 Å². The number of nitrogens with zero attached hydrogens (tertiary/aromatic N) is 1. The van der Waals surface area contributed by atoms with E-state index in [0.29, 0.717) is 6.04 Å². The molecule has 116 valence electrons. The molecule has 0 bridgehead atoms. The van der Waals surface area contributed by atoms with Crippen LogP contribution in [-0.2, 0) is 0 Å². The number of aliphatic imine (C=N–C) groups is 1. The van der Waals surface area contributed by atoms with Crippen molar-refractivity contribution in [3.05, 3.63) is 0 Å². The van der Waals surface area contributed by atoms with Gasteiger partial charge in [-0.1, -0.05) is 13.8 Å². The van der Waals surface area contributed by atoms with Crippen molar-refractivity contribution in [3.8, 4) is 0 Å². The number of hydrogen-bond acceptors (Lipinski definition) is 2. The van der Waals surface area contributed by atoms with Crippen LogP contribution in [0.2, 0.25) is 0 Å². The number of thioether (sulfide) groups is 1. The highest BCUT2D eigenvalue weighted by Crippen LogP contribution is 2.19. The SMILES string of the molecule is CN=C(NCC(C)(C)SC)NC(C)CCC(C)C.I. The van der Waals surface area contributed by atoms with Gasteiger partial charge in [0, 0.05) is 24.4 Å². The molecule has 0 radical (unpaired) electrons. The largest absolute Gasteiger partial charge is 0.355 e. The van der Waals surface area contributed by atoms with E-state index in [-0.39, 0.29) is 28.7 Å². The average molecular weight is 401 g/mol. The number of rotatable bonds is 7. The van der Waals surface area contributed by atoms with E-state index >= 15 is 0 Å². The molecule has 0 fully saturated rings. The molecule has 0 aliphatic rings. The molecule has 0 aromatic carbocycles. The molecule has 0 spiro atoms. The lowest BCUT2D eigenvalue weighted by molar-refractivity contribution is 0.488. The third kappa shape index (κ3) is 11.8. The summed E-state index contributed by atoms with van der Waals surface area (Å²) in [6, 6.07) is 0.469. The summed E-state index contributed by atoms with van der Waals surface area (Å²) in [5.74, 6) is 1.67. The van der Waals surface area contributed by atoms with Gasteiger partial charge in [-0.15, -0.1) is 24.0 Å². The normalized spacial score (nSPS) is 14.0. The van der Waals surface area contributed by atoms with Gasteiger partial charge in [-0.2, -0.15) is 11.8 Å². The van der Waals surface area contributed by atoms with E-state index in [4.69, 9.17) is 0 Å². The molecule has 0 rings (SSSR count). The minimum Gasteiger partial charge on any atom is -0.355 e. The summed E-state index contributed by atoms with van der Waals surface area (Å²) < 4.78 is 0.235. The van der Waals surface area contributed by atoms with Crippen molar-refractivity contribution >= 4 is 41.7 Å². The van der Waals surface area contributed by atoms with Crippen molar-refractivity contribution in [2.24, 2.45) is 10.9 Å². The summed E-state index contributed by atoms with van der Waals surface area (Å²) in [4.78, 5) is 4.28. The zero-order valence-electron chi connectivity index (χ0n) is 13.5. The molecule has 0 heterocycles. The Kier molecular flexibility index (Phi) is 12.6. The van der Waals surface area contributed by atoms with Crippen LogP contribution >= 0.6 is 35.7 Å². The molecule has 3 nitrogen and oxygen atoms in total. The predicted octanol–water partition coefficient (Wildman–Crippen LogP) is 3.74. The second-order valence-electron chi connectivity index (χ2n) is 5.91. The summed E-state index contributed by atoms with van der Waals surface area (Å²) in [5.41, 5.74) is 0. The van der Waals surface area contributed by atoms with Crippen LogP contribution in [-0.4, -0.2) is 36.6 Å². The Labute approximate surface area is 141 Å². The van der Waals surface area contributed by atoms with Gasteiger partial charge in [-0.05, 0) is 45.8 Å². The van der Waals surface area contributed by atoms with Gasteiger partial charge < -0.3 is 10.6 Å². The molecule has 0 aromatic rings. The van der Waals surface area contributed by atoms with Crippen LogP contribution in [0.15, 0.2) is 4.99 Å². The Morgan fingerprint density at radius 2 is 1.79 bits per heavy atom. The van der Waals surface area contributed by atoms with Crippen molar-refractivity contribution < 1.29 is 0 Å². The van der Waals surface area contributed by atoms with E-state index in [2.05, 4.69) is 56.5 Å². The van der Waals surface area contributed by atoms with E-state index in [1.54, 1.807) is 0 Å². The zero-order chi connectivity index (χ0) is 14.2.